The average molecular weight is 200 g/mol. The van der Waals surface area contributed by atoms with Crippen molar-refractivity contribution in [2.45, 2.75) is 13.5 Å². The van der Waals surface area contributed by atoms with Gasteiger partial charge in [-0.3, -0.25) is 0 Å². The van der Waals surface area contributed by atoms with Gasteiger partial charge in [-0.1, -0.05) is 6.08 Å². The molecule has 0 saturated heterocycles. The Bertz CT molecular complexity index is 445. The fourth-order valence-corrected chi connectivity index (χ4v) is 1.34. The molecule has 0 radical (unpaired) electrons. The number of allylic oxidation sites excluding steroid dienone is 1. The third-order valence-corrected chi connectivity index (χ3v) is 2.01. The lowest BCUT2D eigenvalue weighted by Gasteiger charge is -2.03. The highest BCUT2D eigenvalue weighted by Gasteiger charge is 2.00. The highest BCUT2D eigenvalue weighted by molar-refractivity contribution is 5.43. The Morgan fingerprint density at radius 3 is 2.87 bits per heavy atom. The van der Waals surface area contributed by atoms with Gasteiger partial charge >= 0.3 is 0 Å². The van der Waals surface area contributed by atoms with E-state index < -0.39 is 0 Å². The van der Waals surface area contributed by atoms with Crippen LogP contribution >= 0.6 is 0 Å². The normalized spacial score (nSPS) is 11.0. The predicted octanol–water partition coefficient (Wildman–Crippen LogP) is 1.75. The summed E-state index contributed by atoms with van der Waals surface area (Å²) >= 11 is 0. The molecule has 0 aromatic carbocycles. The van der Waals surface area contributed by atoms with Crippen LogP contribution in [0.2, 0.25) is 0 Å². The molecule has 2 aromatic heterocycles. The van der Waals surface area contributed by atoms with Crippen LogP contribution in [0.5, 0.6) is 0 Å². The first-order chi connectivity index (χ1) is 7.40. The van der Waals surface area contributed by atoms with Gasteiger partial charge in [-0.25, -0.2) is 15.0 Å². The van der Waals surface area contributed by atoms with Crippen molar-refractivity contribution < 1.29 is 0 Å². The van der Waals surface area contributed by atoms with Crippen molar-refractivity contribution in [2.24, 2.45) is 0 Å². The first kappa shape index (κ1) is 9.58. The fourth-order valence-electron chi connectivity index (χ4n) is 1.34. The number of rotatable bonds is 3. The third-order valence-electron chi connectivity index (χ3n) is 2.01. The maximum absolute atomic E-state index is 4.17. The molecule has 76 valence electrons. The van der Waals surface area contributed by atoms with Gasteiger partial charge in [0, 0.05) is 12.4 Å². The van der Waals surface area contributed by atoms with Gasteiger partial charge in [0.2, 0.25) is 0 Å². The van der Waals surface area contributed by atoms with Crippen molar-refractivity contribution in [1.29, 1.82) is 0 Å². The zero-order valence-electron chi connectivity index (χ0n) is 8.54. The summed E-state index contributed by atoms with van der Waals surface area (Å²) in [7, 11) is 0. The molecule has 0 N–H and O–H groups in total. The molecule has 0 amide bonds. The Hall–Kier alpha value is -1.97. The predicted molar refractivity (Wildman–Crippen MR) is 58.1 cm³/mol. The smallest absolute Gasteiger partial charge is 0.147 e. The molecule has 0 bridgehead atoms. The van der Waals surface area contributed by atoms with Gasteiger partial charge in [0.05, 0.1) is 24.8 Å². The fraction of sp³-hybridized carbons (Fsp3) is 0.182. The summed E-state index contributed by atoms with van der Waals surface area (Å²) in [6.45, 7) is 2.64. The summed E-state index contributed by atoms with van der Waals surface area (Å²) in [4.78, 5) is 12.4. The second-order valence-electron chi connectivity index (χ2n) is 3.11. The van der Waals surface area contributed by atoms with Crippen molar-refractivity contribution in [3.63, 3.8) is 0 Å². The lowest BCUT2D eigenvalue weighted by molar-refractivity contribution is 0.737. The first-order valence-corrected chi connectivity index (χ1v) is 4.79. The zero-order valence-corrected chi connectivity index (χ0v) is 8.54. The van der Waals surface area contributed by atoms with Crippen LogP contribution in [-0.4, -0.2) is 19.5 Å². The Balaban J connectivity index is 2.21. The quantitative estimate of drug-likeness (QED) is 0.758. The summed E-state index contributed by atoms with van der Waals surface area (Å²) in [5, 5.41) is 0. The lowest BCUT2D eigenvalue weighted by atomic mass is 10.4. The van der Waals surface area contributed by atoms with E-state index in [4.69, 9.17) is 0 Å². The summed E-state index contributed by atoms with van der Waals surface area (Å²) in [5.41, 5.74) is 1.06. The van der Waals surface area contributed by atoms with Crippen LogP contribution in [0.15, 0.2) is 37.1 Å². The second kappa shape index (κ2) is 4.50. The maximum Gasteiger partial charge on any atom is 0.147 e. The molecule has 0 unspecified atom stereocenters. The van der Waals surface area contributed by atoms with E-state index in [9.17, 15) is 0 Å². The van der Waals surface area contributed by atoms with Gasteiger partial charge in [0.15, 0.2) is 0 Å². The van der Waals surface area contributed by atoms with E-state index in [0.29, 0.717) is 6.54 Å². The van der Waals surface area contributed by atoms with E-state index in [1.54, 1.807) is 18.7 Å². The van der Waals surface area contributed by atoms with Crippen LogP contribution in [0.4, 0.5) is 0 Å². The third kappa shape index (κ3) is 2.28. The molecule has 0 aliphatic heterocycles. The summed E-state index contributed by atoms with van der Waals surface area (Å²) in [6, 6.07) is 1.81. The summed E-state index contributed by atoms with van der Waals surface area (Å²) in [5.74, 6) is 0.793. The molecule has 2 heterocycles. The highest BCUT2D eigenvalue weighted by atomic mass is 15.1. The van der Waals surface area contributed by atoms with E-state index in [1.807, 2.05) is 35.9 Å². The van der Waals surface area contributed by atoms with E-state index in [1.165, 1.54) is 0 Å². The molecule has 2 rings (SSSR count). The van der Waals surface area contributed by atoms with Crippen LogP contribution in [0.3, 0.4) is 0 Å². The number of hydrogen-bond donors (Lipinski definition) is 0. The molecule has 0 spiro atoms. The van der Waals surface area contributed by atoms with Crippen LogP contribution < -0.4 is 0 Å². The van der Waals surface area contributed by atoms with Crippen molar-refractivity contribution in [2.75, 3.05) is 0 Å². The van der Waals surface area contributed by atoms with Crippen molar-refractivity contribution in [3.8, 4) is 0 Å². The van der Waals surface area contributed by atoms with Crippen molar-refractivity contribution in [1.82, 2.24) is 19.5 Å². The zero-order chi connectivity index (χ0) is 10.5. The van der Waals surface area contributed by atoms with Gasteiger partial charge in [0.25, 0.3) is 0 Å². The Kier molecular flexibility index (Phi) is 2.88. The largest absolute Gasteiger partial charge is 0.323 e. The number of aromatic nitrogens is 4. The summed E-state index contributed by atoms with van der Waals surface area (Å²) < 4.78 is 2.01. The van der Waals surface area contributed by atoms with Crippen LogP contribution in [-0.2, 0) is 6.54 Å². The number of nitrogens with zero attached hydrogens (tertiary/aromatic N) is 4. The van der Waals surface area contributed by atoms with E-state index >= 15 is 0 Å². The van der Waals surface area contributed by atoms with Crippen molar-refractivity contribution >= 4 is 6.08 Å². The minimum atomic E-state index is 0.653. The Morgan fingerprint density at radius 1 is 1.33 bits per heavy atom. The molecule has 0 aliphatic rings. The van der Waals surface area contributed by atoms with Gasteiger partial charge in [-0.2, -0.15) is 0 Å². The molecular formula is C11H12N4. The highest BCUT2D eigenvalue weighted by Crippen LogP contribution is 2.04. The standard InChI is InChI=1S/C11H12N4/c1-2-4-10-7-12-9-15(10)8-11-13-5-3-6-14-11/h2-7,9H,8H2,1H3. The minimum absolute atomic E-state index is 0.653. The van der Waals surface area contributed by atoms with Crippen molar-refractivity contribution in [3.05, 3.63) is 48.6 Å². The van der Waals surface area contributed by atoms with E-state index in [-0.39, 0.29) is 0 Å². The van der Waals surface area contributed by atoms with Gasteiger partial charge in [0.1, 0.15) is 5.82 Å². The van der Waals surface area contributed by atoms with Crippen LogP contribution in [0.1, 0.15) is 18.4 Å². The molecule has 0 aliphatic carbocycles. The van der Waals surface area contributed by atoms with Gasteiger partial charge < -0.3 is 4.57 Å². The molecule has 0 fully saturated rings. The average Bonchev–Trinajstić information content (AvgIpc) is 2.68. The second-order valence-corrected chi connectivity index (χ2v) is 3.11. The lowest BCUT2D eigenvalue weighted by Crippen LogP contribution is -2.03. The van der Waals surface area contributed by atoms with Gasteiger partial charge in [-0.05, 0) is 19.1 Å². The van der Waals surface area contributed by atoms with E-state index in [0.717, 1.165) is 11.5 Å². The summed E-state index contributed by atoms with van der Waals surface area (Å²) in [6.07, 6.45) is 11.1. The molecule has 15 heavy (non-hydrogen) atoms. The molecule has 0 atom stereocenters. The molecular weight excluding hydrogens is 188 g/mol. The SMILES string of the molecule is CC=Cc1cncn1Cc1ncccn1. The molecule has 2 aromatic rings. The molecule has 4 heteroatoms. The van der Waals surface area contributed by atoms with Crippen LogP contribution in [0, 0.1) is 0 Å². The number of hydrogen-bond acceptors (Lipinski definition) is 3. The monoisotopic (exact) mass is 200 g/mol. The topological polar surface area (TPSA) is 43.6 Å². The van der Waals surface area contributed by atoms with Crippen LogP contribution in [0.25, 0.3) is 6.08 Å². The van der Waals surface area contributed by atoms with E-state index in [2.05, 4.69) is 15.0 Å². The Labute approximate surface area is 88.3 Å². The minimum Gasteiger partial charge on any atom is -0.323 e. The number of imidazole rings is 1. The Morgan fingerprint density at radius 2 is 2.13 bits per heavy atom. The molecule has 0 saturated carbocycles. The first-order valence-electron chi connectivity index (χ1n) is 4.79. The molecule has 4 nitrogen and oxygen atoms in total. The van der Waals surface area contributed by atoms with Gasteiger partial charge in [-0.15, -0.1) is 0 Å². The maximum atomic E-state index is 4.17.